The Hall–Kier alpha value is -3.64. The number of benzene rings is 2. The van der Waals surface area contributed by atoms with E-state index in [1.165, 1.54) is 0 Å². The van der Waals surface area contributed by atoms with Gasteiger partial charge in [0.25, 0.3) is 5.91 Å². The summed E-state index contributed by atoms with van der Waals surface area (Å²) in [5, 5.41) is 3.92. The Morgan fingerprint density at radius 3 is 2.70 bits per heavy atom. The van der Waals surface area contributed by atoms with Gasteiger partial charge in [-0.15, -0.1) is 11.8 Å². The predicted molar refractivity (Wildman–Crippen MR) is 121 cm³/mol. The van der Waals surface area contributed by atoms with Crippen molar-refractivity contribution in [2.45, 2.75) is 10.6 Å². The lowest BCUT2D eigenvalue weighted by Gasteiger charge is -2.07. The highest BCUT2D eigenvalue weighted by Crippen LogP contribution is 2.23. The summed E-state index contributed by atoms with van der Waals surface area (Å²) < 4.78 is 2.02. The standard InChI is InChI=1S/C24H18N4OS/c29-24(27-19-13-18-5-1-2-6-22(18)25-14-19)17-8-10-21(11-9-17)30-16-20-15-28-12-4-3-7-23(28)26-20/h1-15H,16H2,(H,27,29). The molecule has 0 saturated carbocycles. The summed E-state index contributed by atoms with van der Waals surface area (Å²) in [4.78, 5) is 22.7. The maximum absolute atomic E-state index is 12.6. The molecule has 2 aromatic carbocycles. The van der Waals surface area contributed by atoms with Gasteiger partial charge in [0.2, 0.25) is 0 Å². The van der Waals surface area contributed by atoms with Gasteiger partial charge in [-0.2, -0.15) is 0 Å². The number of thioether (sulfide) groups is 1. The van der Waals surface area contributed by atoms with Crippen molar-refractivity contribution in [3.05, 3.63) is 103 Å². The molecule has 5 rings (SSSR count). The van der Waals surface area contributed by atoms with Crippen LogP contribution in [0.4, 0.5) is 5.69 Å². The molecule has 0 unspecified atom stereocenters. The molecule has 5 aromatic rings. The van der Waals surface area contributed by atoms with Gasteiger partial charge in [-0.1, -0.05) is 24.3 Å². The van der Waals surface area contributed by atoms with E-state index in [1.807, 2.05) is 89.6 Å². The van der Waals surface area contributed by atoms with Crippen LogP contribution < -0.4 is 5.32 Å². The Labute approximate surface area is 177 Å². The lowest BCUT2D eigenvalue weighted by atomic mass is 10.2. The first kappa shape index (κ1) is 18.4. The summed E-state index contributed by atoms with van der Waals surface area (Å²) >= 11 is 1.70. The number of rotatable bonds is 5. The summed E-state index contributed by atoms with van der Waals surface area (Å²) in [6.07, 6.45) is 5.72. The average Bonchev–Trinajstić information content (AvgIpc) is 3.21. The molecule has 0 saturated heterocycles. The van der Waals surface area contributed by atoms with Crippen molar-refractivity contribution in [2.75, 3.05) is 5.32 Å². The zero-order valence-electron chi connectivity index (χ0n) is 16.0. The third-order valence-electron chi connectivity index (χ3n) is 4.77. The van der Waals surface area contributed by atoms with Gasteiger partial charge in [0.1, 0.15) is 5.65 Å². The third-order valence-corrected chi connectivity index (χ3v) is 5.81. The third kappa shape index (κ3) is 3.90. The Morgan fingerprint density at radius 2 is 1.83 bits per heavy atom. The average molecular weight is 411 g/mol. The van der Waals surface area contributed by atoms with Crippen molar-refractivity contribution in [1.29, 1.82) is 0 Å². The van der Waals surface area contributed by atoms with Gasteiger partial charge in [0, 0.05) is 34.0 Å². The van der Waals surface area contributed by atoms with Crippen molar-refractivity contribution in [2.24, 2.45) is 0 Å². The lowest BCUT2D eigenvalue weighted by molar-refractivity contribution is 0.102. The molecule has 1 N–H and O–H groups in total. The highest BCUT2D eigenvalue weighted by atomic mass is 32.2. The number of hydrogen-bond acceptors (Lipinski definition) is 4. The minimum atomic E-state index is -0.149. The predicted octanol–water partition coefficient (Wildman–Crippen LogP) is 5.43. The first-order valence-corrected chi connectivity index (χ1v) is 10.5. The minimum Gasteiger partial charge on any atom is -0.321 e. The number of anilines is 1. The number of nitrogens with one attached hydrogen (secondary N) is 1. The van der Waals surface area contributed by atoms with E-state index in [2.05, 4.69) is 15.3 Å². The number of para-hydroxylation sites is 1. The van der Waals surface area contributed by atoms with Crippen LogP contribution in [0.25, 0.3) is 16.6 Å². The van der Waals surface area contributed by atoms with Crippen molar-refractivity contribution < 1.29 is 4.79 Å². The largest absolute Gasteiger partial charge is 0.321 e. The molecule has 0 aliphatic rings. The molecule has 0 aliphatic carbocycles. The number of nitrogens with zero attached hydrogens (tertiary/aromatic N) is 3. The van der Waals surface area contributed by atoms with E-state index in [-0.39, 0.29) is 5.91 Å². The lowest BCUT2D eigenvalue weighted by Crippen LogP contribution is -2.11. The monoisotopic (exact) mass is 410 g/mol. The summed E-state index contributed by atoms with van der Waals surface area (Å²) in [7, 11) is 0. The van der Waals surface area contributed by atoms with Crippen LogP contribution in [-0.4, -0.2) is 20.3 Å². The summed E-state index contributed by atoms with van der Waals surface area (Å²) in [6.45, 7) is 0. The van der Waals surface area contributed by atoms with E-state index in [0.29, 0.717) is 11.3 Å². The van der Waals surface area contributed by atoms with Gasteiger partial charge in [0.15, 0.2) is 0 Å². The smallest absolute Gasteiger partial charge is 0.255 e. The molecule has 0 radical (unpaired) electrons. The van der Waals surface area contributed by atoms with Gasteiger partial charge in [-0.25, -0.2) is 4.98 Å². The van der Waals surface area contributed by atoms with Crippen LogP contribution in [0, 0.1) is 0 Å². The fraction of sp³-hybridized carbons (Fsp3) is 0.0417. The van der Waals surface area contributed by atoms with Crippen LogP contribution in [0.2, 0.25) is 0 Å². The second kappa shape index (κ2) is 8.00. The second-order valence-corrected chi connectivity index (χ2v) is 7.93. The SMILES string of the molecule is O=C(Nc1cnc2ccccc2c1)c1ccc(SCc2cn3ccccc3n2)cc1. The first-order valence-electron chi connectivity index (χ1n) is 9.56. The van der Waals surface area contributed by atoms with Crippen molar-refractivity contribution >= 4 is 39.9 Å². The number of pyridine rings is 2. The Balaban J connectivity index is 1.23. The van der Waals surface area contributed by atoms with Crippen LogP contribution in [0.15, 0.2) is 96.3 Å². The molecular weight excluding hydrogens is 392 g/mol. The maximum atomic E-state index is 12.6. The number of imidazole rings is 1. The molecule has 0 spiro atoms. The highest BCUT2D eigenvalue weighted by Gasteiger charge is 2.08. The number of carbonyl (C=O) groups is 1. The number of carbonyl (C=O) groups excluding carboxylic acids is 1. The van der Waals surface area contributed by atoms with E-state index < -0.39 is 0 Å². The fourth-order valence-electron chi connectivity index (χ4n) is 3.26. The molecule has 0 atom stereocenters. The quantitative estimate of drug-likeness (QED) is 0.393. The normalized spacial score (nSPS) is 11.1. The summed E-state index contributed by atoms with van der Waals surface area (Å²) in [5.41, 5.74) is 4.17. The number of aromatic nitrogens is 3. The fourth-order valence-corrected chi connectivity index (χ4v) is 4.04. The Morgan fingerprint density at radius 1 is 1.00 bits per heavy atom. The highest BCUT2D eigenvalue weighted by molar-refractivity contribution is 7.98. The van der Waals surface area contributed by atoms with E-state index in [9.17, 15) is 4.79 Å². The van der Waals surface area contributed by atoms with Crippen LogP contribution in [0.1, 0.15) is 16.1 Å². The minimum absolute atomic E-state index is 0.149. The van der Waals surface area contributed by atoms with Crippen LogP contribution >= 0.6 is 11.8 Å². The van der Waals surface area contributed by atoms with Crippen molar-refractivity contribution in [3.8, 4) is 0 Å². The molecule has 6 heteroatoms. The molecule has 146 valence electrons. The van der Waals surface area contributed by atoms with Gasteiger partial charge in [-0.05, 0) is 48.5 Å². The van der Waals surface area contributed by atoms with Crippen LogP contribution in [0.5, 0.6) is 0 Å². The van der Waals surface area contributed by atoms with E-state index in [4.69, 9.17) is 0 Å². The van der Waals surface area contributed by atoms with E-state index >= 15 is 0 Å². The summed E-state index contributed by atoms with van der Waals surface area (Å²) in [5.74, 6) is 0.625. The molecule has 0 aliphatic heterocycles. The van der Waals surface area contributed by atoms with E-state index in [1.54, 1.807) is 18.0 Å². The Kier molecular flexibility index (Phi) is 4.91. The van der Waals surface area contributed by atoms with Gasteiger partial charge >= 0.3 is 0 Å². The molecule has 3 heterocycles. The maximum Gasteiger partial charge on any atom is 0.255 e. The van der Waals surface area contributed by atoms with E-state index in [0.717, 1.165) is 32.9 Å². The molecule has 3 aromatic heterocycles. The number of hydrogen-bond donors (Lipinski definition) is 1. The van der Waals surface area contributed by atoms with Crippen molar-refractivity contribution in [3.63, 3.8) is 0 Å². The number of amides is 1. The van der Waals surface area contributed by atoms with Gasteiger partial charge in [0.05, 0.1) is 23.1 Å². The molecule has 0 fully saturated rings. The zero-order valence-corrected chi connectivity index (χ0v) is 16.8. The summed E-state index contributed by atoms with van der Waals surface area (Å²) in [6, 6.07) is 23.3. The zero-order chi connectivity index (χ0) is 20.3. The topological polar surface area (TPSA) is 59.3 Å². The number of fused-ring (bicyclic) bond motifs is 2. The van der Waals surface area contributed by atoms with Crippen LogP contribution in [0.3, 0.4) is 0 Å². The molecule has 30 heavy (non-hydrogen) atoms. The first-order chi connectivity index (χ1) is 14.7. The molecule has 1 amide bonds. The van der Waals surface area contributed by atoms with Crippen molar-refractivity contribution in [1.82, 2.24) is 14.4 Å². The molecule has 0 bridgehead atoms. The van der Waals surface area contributed by atoms with Gasteiger partial charge < -0.3 is 9.72 Å². The Bertz CT molecular complexity index is 1310. The molecular formula is C24H18N4OS. The van der Waals surface area contributed by atoms with Gasteiger partial charge in [-0.3, -0.25) is 9.78 Å². The van der Waals surface area contributed by atoms with Crippen LogP contribution in [-0.2, 0) is 5.75 Å². The second-order valence-electron chi connectivity index (χ2n) is 6.88. The molecule has 5 nitrogen and oxygen atoms in total.